The predicted octanol–water partition coefficient (Wildman–Crippen LogP) is 14.8. The van der Waals surface area contributed by atoms with Crippen molar-refractivity contribution in [1.82, 2.24) is 0 Å². The van der Waals surface area contributed by atoms with Gasteiger partial charge in [-0.1, -0.05) is 147 Å². The minimum absolute atomic E-state index is 0.127. The number of carbonyl (C=O) groups is 1. The largest absolute Gasteiger partial charge is 0.508 e. The lowest BCUT2D eigenvalue weighted by Gasteiger charge is -2.39. The molecular formula is C44H28Br2Cl3O4P. The Labute approximate surface area is 344 Å². The number of carbonyl (C=O) groups excluding carboxylic acids is 1. The molecule has 4 nitrogen and oxygen atoms in total. The number of phenolic OH excluding ortho intramolecular Hbond substituents is 1. The maximum absolute atomic E-state index is 12.0. The van der Waals surface area contributed by atoms with Crippen LogP contribution in [0.15, 0.2) is 173 Å². The number of ketones is 1. The second kappa shape index (κ2) is 15.9. The molecule has 10 rings (SSSR count). The Kier molecular flexibility index (Phi) is 11.2. The zero-order chi connectivity index (χ0) is 38.0. The summed E-state index contributed by atoms with van der Waals surface area (Å²) in [5, 5.41) is 5.41. The van der Waals surface area contributed by atoms with Gasteiger partial charge >= 0.3 is 5.20 Å². The summed E-state index contributed by atoms with van der Waals surface area (Å²) in [7, 11) is 0. The molecule has 268 valence electrons. The Bertz CT molecular complexity index is 2520. The smallest absolute Gasteiger partial charge is 0.339 e. The van der Waals surface area contributed by atoms with E-state index in [2.05, 4.69) is 144 Å². The van der Waals surface area contributed by atoms with Gasteiger partial charge in [-0.15, -0.1) is 0 Å². The zero-order valence-electron chi connectivity index (χ0n) is 28.1. The standard InChI is InChI=1S/C25H15BrO.C13H7BrO.C6H6O.Cl3OP/c26-16-13-14-18-17-7-1-2-8-19(17)25(22(18)15-16)20-9-3-5-11-23(20)27-24-12-6-4-10-21(24)25;14-8-5-6-10-9-3-1-2-4-11(9)13(15)12(10)7-8;7-6-4-2-1-3-5-6;1-5(2,3)4/h1-15H;1-7H;1-5,7H;. The summed E-state index contributed by atoms with van der Waals surface area (Å²) < 4.78 is 17.9. The number of fused-ring (bicyclic) bond motifs is 12. The summed E-state index contributed by atoms with van der Waals surface area (Å²) in [5.74, 6) is 2.31. The summed E-state index contributed by atoms with van der Waals surface area (Å²) in [4.78, 5) is 12.0. The fourth-order valence-electron chi connectivity index (χ4n) is 7.25. The maximum atomic E-state index is 12.0. The van der Waals surface area contributed by atoms with E-state index < -0.39 is 5.20 Å². The van der Waals surface area contributed by atoms with Crippen LogP contribution in [-0.4, -0.2) is 10.9 Å². The van der Waals surface area contributed by atoms with Gasteiger partial charge < -0.3 is 9.84 Å². The molecule has 3 aliphatic rings. The van der Waals surface area contributed by atoms with E-state index in [1.807, 2.05) is 60.7 Å². The number of hydrogen-bond acceptors (Lipinski definition) is 4. The molecule has 1 heterocycles. The number of halogens is 5. The lowest BCUT2D eigenvalue weighted by atomic mass is 9.66. The number of ether oxygens (including phenoxy) is 1. The SMILES string of the molecule is Brc1ccc2c(c1)C1(c3ccccc3Oc3ccccc31)c1ccccc1-2.O=C1c2ccccc2-c2ccc(Br)cc21.O=P(Cl)(Cl)Cl.Oc1ccccc1. The molecule has 2 aliphatic carbocycles. The first-order valence-corrected chi connectivity index (χ1v) is 22.6. The molecule has 0 bridgehead atoms. The molecule has 0 saturated carbocycles. The predicted molar refractivity (Wildman–Crippen MR) is 228 cm³/mol. The normalized spacial score (nSPS) is 13.0. The third-order valence-electron chi connectivity index (χ3n) is 9.25. The molecule has 0 saturated heterocycles. The first kappa shape index (κ1) is 38.2. The number of benzene rings is 7. The van der Waals surface area contributed by atoms with Gasteiger partial charge in [0.25, 0.3) is 0 Å². The van der Waals surface area contributed by atoms with Gasteiger partial charge in [0.05, 0.1) is 5.41 Å². The highest BCUT2D eigenvalue weighted by Gasteiger charge is 2.50. The van der Waals surface area contributed by atoms with Gasteiger partial charge in [0.15, 0.2) is 5.78 Å². The van der Waals surface area contributed by atoms with E-state index in [9.17, 15) is 9.36 Å². The Balaban J connectivity index is 0.000000139. The van der Waals surface area contributed by atoms with Crippen LogP contribution in [0.25, 0.3) is 22.3 Å². The summed E-state index contributed by atoms with van der Waals surface area (Å²) >= 11 is 20.9. The number of rotatable bonds is 0. The molecule has 0 aromatic heterocycles. The van der Waals surface area contributed by atoms with Crippen molar-refractivity contribution in [3.63, 3.8) is 0 Å². The van der Waals surface area contributed by atoms with Crippen LogP contribution in [0.3, 0.4) is 0 Å². The van der Waals surface area contributed by atoms with E-state index in [1.165, 1.54) is 33.4 Å². The zero-order valence-corrected chi connectivity index (χ0v) is 34.4. The van der Waals surface area contributed by atoms with Crippen LogP contribution in [0.5, 0.6) is 17.2 Å². The van der Waals surface area contributed by atoms with Crippen molar-refractivity contribution in [1.29, 1.82) is 0 Å². The van der Waals surface area contributed by atoms with Crippen LogP contribution in [-0.2, 0) is 9.98 Å². The molecule has 1 aliphatic heterocycles. The van der Waals surface area contributed by atoms with Crippen LogP contribution >= 0.6 is 70.8 Å². The van der Waals surface area contributed by atoms with Gasteiger partial charge in [0.2, 0.25) is 0 Å². The molecule has 1 spiro atoms. The number of hydrogen-bond donors (Lipinski definition) is 1. The highest BCUT2D eigenvalue weighted by Crippen LogP contribution is 2.62. The lowest BCUT2D eigenvalue weighted by Crippen LogP contribution is -2.32. The van der Waals surface area contributed by atoms with Gasteiger partial charge in [-0.25, -0.2) is 0 Å². The van der Waals surface area contributed by atoms with Crippen molar-refractivity contribution in [2.24, 2.45) is 0 Å². The molecule has 0 amide bonds. The Morgan fingerprint density at radius 3 is 1.48 bits per heavy atom. The first-order chi connectivity index (χ1) is 26.0. The molecule has 7 aromatic carbocycles. The van der Waals surface area contributed by atoms with E-state index in [1.54, 1.807) is 24.3 Å². The Morgan fingerprint density at radius 1 is 0.481 bits per heavy atom. The van der Waals surface area contributed by atoms with Crippen molar-refractivity contribution in [3.8, 4) is 39.5 Å². The molecule has 1 N–H and O–H groups in total. The monoisotopic (exact) mass is 914 g/mol. The molecule has 0 radical (unpaired) electrons. The summed E-state index contributed by atoms with van der Waals surface area (Å²) in [6, 6.07) is 54.6. The lowest BCUT2D eigenvalue weighted by molar-refractivity contribution is 0.104. The Morgan fingerprint density at radius 2 is 0.907 bits per heavy atom. The molecule has 10 heteroatoms. The van der Waals surface area contributed by atoms with E-state index >= 15 is 0 Å². The second-order valence-electron chi connectivity index (χ2n) is 12.4. The van der Waals surface area contributed by atoms with Gasteiger partial charge in [-0.05, 0) is 116 Å². The molecule has 0 unspecified atom stereocenters. The van der Waals surface area contributed by atoms with Crippen molar-refractivity contribution < 1.29 is 19.2 Å². The van der Waals surface area contributed by atoms with Crippen LogP contribution in [0.2, 0.25) is 0 Å². The fourth-order valence-corrected chi connectivity index (χ4v) is 7.98. The van der Waals surface area contributed by atoms with Crippen molar-refractivity contribution >= 4 is 76.6 Å². The highest BCUT2D eigenvalue weighted by atomic mass is 79.9. The van der Waals surface area contributed by atoms with Gasteiger partial charge in [-0.2, -0.15) is 0 Å². The molecule has 54 heavy (non-hydrogen) atoms. The average molecular weight is 918 g/mol. The van der Waals surface area contributed by atoms with Crippen LogP contribution in [0.1, 0.15) is 38.2 Å². The highest BCUT2D eigenvalue weighted by molar-refractivity contribution is 9.10. The van der Waals surface area contributed by atoms with Crippen molar-refractivity contribution in [2.75, 3.05) is 0 Å². The number of phenols is 1. The van der Waals surface area contributed by atoms with Crippen LogP contribution in [0, 0.1) is 0 Å². The molecule has 0 fully saturated rings. The Hall–Kier alpha value is -4.13. The average Bonchev–Trinajstić information content (AvgIpc) is 3.60. The molecular weight excluding hydrogens is 890 g/mol. The topological polar surface area (TPSA) is 63.6 Å². The summed E-state index contributed by atoms with van der Waals surface area (Å²) in [6.45, 7) is 0. The number of para-hydroxylation sites is 3. The quantitative estimate of drug-likeness (QED) is 0.154. The minimum Gasteiger partial charge on any atom is -0.508 e. The van der Waals surface area contributed by atoms with Gasteiger partial charge in [-0.3, -0.25) is 9.36 Å². The first-order valence-electron chi connectivity index (χ1n) is 16.6. The maximum Gasteiger partial charge on any atom is 0.339 e. The van der Waals surface area contributed by atoms with Gasteiger partial charge in [0.1, 0.15) is 17.2 Å². The second-order valence-corrected chi connectivity index (χ2v) is 20.8. The van der Waals surface area contributed by atoms with Crippen molar-refractivity contribution in [2.45, 2.75) is 5.41 Å². The van der Waals surface area contributed by atoms with E-state index in [4.69, 9.17) is 9.84 Å². The third-order valence-corrected chi connectivity index (χ3v) is 10.2. The summed E-state index contributed by atoms with van der Waals surface area (Å²) in [5.41, 5.74) is 11.0. The molecule has 7 aromatic rings. The fraction of sp³-hybridized carbons (Fsp3) is 0.0227. The minimum atomic E-state index is -3.22. The van der Waals surface area contributed by atoms with E-state index in [0.29, 0.717) is 5.75 Å². The van der Waals surface area contributed by atoms with E-state index in [-0.39, 0.29) is 11.2 Å². The van der Waals surface area contributed by atoms with Crippen LogP contribution in [0.4, 0.5) is 0 Å². The van der Waals surface area contributed by atoms with Crippen LogP contribution < -0.4 is 4.74 Å². The van der Waals surface area contributed by atoms with Gasteiger partial charge in [0, 0.05) is 31.2 Å². The third kappa shape index (κ3) is 7.57. The summed E-state index contributed by atoms with van der Waals surface area (Å²) in [6.07, 6.45) is 0. The van der Waals surface area contributed by atoms with E-state index in [0.717, 1.165) is 42.7 Å². The molecule has 0 atom stereocenters. The van der Waals surface area contributed by atoms with Crippen molar-refractivity contribution in [3.05, 3.63) is 206 Å². The number of aromatic hydroxyl groups is 1.